The number of carbonyl (C=O) groups is 2. The number of aryl methyl sites for hydroxylation is 2. The van der Waals surface area contributed by atoms with Gasteiger partial charge in [-0.15, -0.1) is 0 Å². The van der Waals surface area contributed by atoms with Gasteiger partial charge in [0.1, 0.15) is 5.39 Å². The number of amides is 2. The Morgan fingerprint density at radius 1 is 1.15 bits per heavy atom. The van der Waals surface area contributed by atoms with Crippen LogP contribution in [0.3, 0.4) is 0 Å². The first-order valence-corrected chi connectivity index (χ1v) is 11.7. The summed E-state index contributed by atoms with van der Waals surface area (Å²) in [6, 6.07) is 12.0. The minimum atomic E-state index is -0.531. The predicted molar refractivity (Wildman–Crippen MR) is 131 cm³/mol. The number of thioether (sulfide) groups is 1. The Bertz CT molecular complexity index is 1510. The van der Waals surface area contributed by atoms with E-state index in [4.69, 9.17) is 10.7 Å². The van der Waals surface area contributed by atoms with E-state index in [9.17, 15) is 14.4 Å². The van der Waals surface area contributed by atoms with E-state index >= 15 is 0 Å². The molecule has 3 N–H and O–H groups in total. The van der Waals surface area contributed by atoms with Crippen LogP contribution in [0.2, 0.25) is 0 Å². The molecular weight excluding hydrogens is 452 g/mol. The molecule has 0 saturated carbocycles. The Kier molecular flexibility index (Phi) is 5.45. The molecular formula is C24H22N6O3S. The molecule has 0 fully saturated rings. The molecule has 4 aromatic rings. The van der Waals surface area contributed by atoms with Gasteiger partial charge in [-0.3, -0.25) is 19.0 Å². The third-order valence-corrected chi connectivity index (χ3v) is 7.08. The van der Waals surface area contributed by atoms with Gasteiger partial charge in [0, 0.05) is 23.4 Å². The molecule has 3 heterocycles. The molecule has 1 aliphatic rings. The van der Waals surface area contributed by atoms with Gasteiger partial charge in [0.15, 0.2) is 10.8 Å². The Labute approximate surface area is 199 Å². The van der Waals surface area contributed by atoms with Crippen molar-refractivity contribution in [1.29, 1.82) is 0 Å². The Morgan fingerprint density at radius 2 is 1.91 bits per heavy atom. The fourth-order valence-corrected chi connectivity index (χ4v) is 5.10. The zero-order chi connectivity index (χ0) is 24.0. The molecule has 1 atom stereocenters. The van der Waals surface area contributed by atoms with Gasteiger partial charge in [-0.05, 0) is 61.4 Å². The molecule has 5 rings (SSSR count). The van der Waals surface area contributed by atoms with E-state index in [1.54, 1.807) is 33.5 Å². The van der Waals surface area contributed by atoms with E-state index in [2.05, 4.69) is 10.4 Å². The Hall–Kier alpha value is -3.92. The van der Waals surface area contributed by atoms with Gasteiger partial charge in [0.05, 0.1) is 17.9 Å². The lowest BCUT2D eigenvalue weighted by Crippen LogP contribution is -2.27. The van der Waals surface area contributed by atoms with Crippen molar-refractivity contribution in [2.45, 2.75) is 31.5 Å². The summed E-state index contributed by atoms with van der Waals surface area (Å²) in [5.74, 6) is -0.195. The molecule has 0 radical (unpaired) electrons. The van der Waals surface area contributed by atoms with Crippen LogP contribution in [0.25, 0.3) is 16.7 Å². The molecule has 0 saturated heterocycles. The van der Waals surface area contributed by atoms with Crippen molar-refractivity contribution in [3.63, 3.8) is 0 Å². The fourth-order valence-electron chi connectivity index (χ4n) is 3.97. The second-order valence-corrected chi connectivity index (χ2v) is 9.28. The molecule has 34 heavy (non-hydrogen) atoms. The molecule has 2 amide bonds. The van der Waals surface area contributed by atoms with Gasteiger partial charge >= 0.3 is 0 Å². The van der Waals surface area contributed by atoms with Crippen LogP contribution in [0.1, 0.15) is 33.9 Å². The Morgan fingerprint density at radius 3 is 2.62 bits per heavy atom. The van der Waals surface area contributed by atoms with Crippen LogP contribution in [0.5, 0.6) is 0 Å². The van der Waals surface area contributed by atoms with Crippen LogP contribution in [-0.4, -0.2) is 36.9 Å². The van der Waals surface area contributed by atoms with Gasteiger partial charge < -0.3 is 11.1 Å². The van der Waals surface area contributed by atoms with E-state index in [1.165, 1.54) is 23.5 Å². The summed E-state index contributed by atoms with van der Waals surface area (Å²) in [7, 11) is 0. The number of anilines is 1. The van der Waals surface area contributed by atoms with Gasteiger partial charge in [-0.25, -0.2) is 9.67 Å². The Balaban J connectivity index is 1.40. The third-order valence-electron chi connectivity index (χ3n) is 5.98. The van der Waals surface area contributed by atoms with Gasteiger partial charge in [-0.2, -0.15) is 5.10 Å². The van der Waals surface area contributed by atoms with Gasteiger partial charge in [-0.1, -0.05) is 17.8 Å². The van der Waals surface area contributed by atoms with Crippen molar-refractivity contribution in [3.8, 4) is 5.69 Å². The zero-order valence-corrected chi connectivity index (χ0v) is 19.4. The minimum absolute atomic E-state index is 0.121. The largest absolute Gasteiger partial charge is 0.366 e. The van der Waals surface area contributed by atoms with Crippen molar-refractivity contribution in [2.24, 2.45) is 5.73 Å². The molecule has 1 aliphatic heterocycles. The first-order valence-electron chi connectivity index (χ1n) is 10.7. The van der Waals surface area contributed by atoms with Crippen molar-refractivity contribution in [1.82, 2.24) is 19.3 Å². The number of benzene rings is 2. The number of rotatable bonds is 5. The van der Waals surface area contributed by atoms with Crippen molar-refractivity contribution in [2.75, 3.05) is 11.1 Å². The van der Waals surface area contributed by atoms with Crippen molar-refractivity contribution in [3.05, 3.63) is 75.7 Å². The lowest BCUT2D eigenvalue weighted by atomic mass is 10.1. The molecule has 1 unspecified atom stereocenters. The second kappa shape index (κ2) is 8.45. The van der Waals surface area contributed by atoms with Crippen LogP contribution < -0.4 is 16.6 Å². The number of hydrogen-bond acceptors (Lipinski definition) is 6. The van der Waals surface area contributed by atoms with Crippen LogP contribution in [0, 0.1) is 13.8 Å². The molecule has 0 aliphatic carbocycles. The topological polar surface area (TPSA) is 125 Å². The zero-order valence-electron chi connectivity index (χ0n) is 18.6. The highest BCUT2D eigenvalue weighted by Crippen LogP contribution is 2.33. The summed E-state index contributed by atoms with van der Waals surface area (Å²) in [6.07, 6.45) is 1.66. The molecule has 2 aromatic carbocycles. The van der Waals surface area contributed by atoms with E-state index in [-0.39, 0.29) is 23.9 Å². The van der Waals surface area contributed by atoms with Crippen molar-refractivity contribution < 1.29 is 9.59 Å². The van der Waals surface area contributed by atoms with Crippen LogP contribution in [0.15, 0.2) is 58.6 Å². The number of aromatic nitrogens is 4. The summed E-state index contributed by atoms with van der Waals surface area (Å²) < 4.78 is 3.27. The van der Waals surface area contributed by atoms with E-state index < -0.39 is 5.91 Å². The fraction of sp³-hybridized carbons (Fsp3) is 0.208. The second-order valence-electron chi connectivity index (χ2n) is 8.29. The molecule has 2 aromatic heterocycles. The highest BCUT2D eigenvalue weighted by molar-refractivity contribution is 7.99. The number of nitrogens with zero attached hydrogens (tertiary/aromatic N) is 4. The first kappa shape index (κ1) is 21.9. The highest BCUT2D eigenvalue weighted by Gasteiger charge is 2.29. The summed E-state index contributed by atoms with van der Waals surface area (Å²) in [5.41, 5.74) is 9.61. The number of primary amides is 1. The molecule has 0 bridgehead atoms. The highest BCUT2D eigenvalue weighted by atomic mass is 32.2. The maximum Gasteiger partial charge on any atom is 0.265 e. The quantitative estimate of drug-likeness (QED) is 0.429. The minimum Gasteiger partial charge on any atom is -0.366 e. The number of fused-ring (bicyclic) bond motifs is 2. The molecule has 172 valence electrons. The normalized spacial score (nSPS) is 14.8. The average molecular weight is 475 g/mol. The summed E-state index contributed by atoms with van der Waals surface area (Å²) in [5, 5.41) is 8.21. The summed E-state index contributed by atoms with van der Waals surface area (Å²) in [4.78, 5) is 41.9. The molecule has 10 heteroatoms. The van der Waals surface area contributed by atoms with Gasteiger partial charge in [0.2, 0.25) is 11.8 Å². The third kappa shape index (κ3) is 3.86. The maximum atomic E-state index is 13.3. The van der Waals surface area contributed by atoms with E-state index in [1.807, 2.05) is 32.0 Å². The maximum absolute atomic E-state index is 13.3. The number of carbonyl (C=O) groups excluding carboxylic acids is 2. The van der Waals surface area contributed by atoms with Crippen LogP contribution >= 0.6 is 11.8 Å². The predicted octanol–water partition coefficient (Wildman–Crippen LogP) is 2.97. The lowest BCUT2D eigenvalue weighted by molar-refractivity contribution is -0.116. The first-order chi connectivity index (χ1) is 16.3. The standard InChI is InChI=1S/C24H22N6O3S/c1-13-3-8-17(9-14(13)2)30-22-19(11-26-30)23(33)29-18(12-34-24(29)28-22)10-20(31)27-16-6-4-15(5-7-16)21(25)32/h3-9,11,18H,10,12H2,1-2H3,(H2,25,32)(H,27,31). The van der Waals surface area contributed by atoms with Gasteiger partial charge in [0.25, 0.3) is 5.56 Å². The van der Waals surface area contributed by atoms with Crippen LogP contribution in [0.4, 0.5) is 5.69 Å². The molecule has 9 nitrogen and oxygen atoms in total. The smallest absolute Gasteiger partial charge is 0.265 e. The number of nitrogens with one attached hydrogen (secondary N) is 1. The average Bonchev–Trinajstić information content (AvgIpc) is 3.41. The molecule has 0 spiro atoms. The number of hydrogen-bond donors (Lipinski definition) is 2. The lowest BCUT2D eigenvalue weighted by Gasteiger charge is -2.14. The van der Waals surface area contributed by atoms with Crippen molar-refractivity contribution >= 4 is 40.3 Å². The summed E-state index contributed by atoms with van der Waals surface area (Å²) >= 11 is 1.45. The van der Waals surface area contributed by atoms with Crippen LogP contribution in [-0.2, 0) is 4.79 Å². The summed E-state index contributed by atoms with van der Waals surface area (Å²) in [6.45, 7) is 4.07. The number of nitrogens with two attached hydrogens (primary N) is 1. The monoisotopic (exact) mass is 474 g/mol. The SMILES string of the molecule is Cc1ccc(-n2ncc3c(=O)n4c(nc32)SCC4CC(=O)Nc2ccc(C(N)=O)cc2)cc1C. The van der Waals surface area contributed by atoms with E-state index in [0.29, 0.717) is 33.2 Å². The van der Waals surface area contributed by atoms with E-state index in [0.717, 1.165) is 11.3 Å².